The van der Waals surface area contributed by atoms with Gasteiger partial charge in [0.25, 0.3) is 0 Å². The first-order chi connectivity index (χ1) is 9.11. The molecule has 2 aromatic heterocycles. The summed E-state index contributed by atoms with van der Waals surface area (Å²) in [6, 6.07) is 1.79. The van der Waals surface area contributed by atoms with Crippen molar-refractivity contribution in [3.63, 3.8) is 0 Å². The molecular formula is C12H10ClIN2O3. The fourth-order valence-electron chi connectivity index (χ4n) is 2.10. The summed E-state index contributed by atoms with van der Waals surface area (Å²) < 4.78 is 13.0. The third kappa shape index (κ3) is 2.11. The van der Waals surface area contributed by atoms with Crippen molar-refractivity contribution in [1.82, 2.24) is 9.55 Å². The third-order valence-electron chi connectivity index (χ3n) is 3.12. The SMILES string of the molecule is COC(=O)c1cc(Cl)nc2c1c(I)cn2C1COC1. The molecule has 0 radical (unpaired) electrons. The molecule has 1 aliphatic heterocycles. The van der Waals surface area contributed by atoms with E-state index in [0.29, 0.717) is 24.4 Å². The summed E-state index contributed by atoms with van der Waals surface area (Å²) in [5.41, 5.74) is 1.14. The Morgan fingerprint density at radius 1 is 1.63 bits per heavy atom. The van der Waals surface area contributed by atoms with E-state index in [-0.39, 0.29) is 11.2 Å². The van der Waals surface area contributed by atoms with Crippen LogP contribution >= 0.6 is 34.2 Å². The molecule has 1 fully saturated rings. The van der Waals surface area contributed by atoms with Gasteiger partial charge in [0.05, 0.1) is 31.9 Å². The molecule has 5 nitrogen and oxygen atoms in total. The molecule has 2 aromatic rings. The molecule has 0 atom stereocenters. The quantitative estimate of drug-likeness (QED) is 0.448. The number of methoxy groups -OCH3 is 1. The number of aromatic nitrogens is 2. The Balaban J connectivity index is 2.27. The molecule has 0 saturated carbocycles. The topological polar surface area (TPSA) is 53.3 Å². The molecule has 1 aliphatic rings. The third-order valence-corrected chi connectivity index (χ3v) is 4.14. The van der Waals surface area contributed by atoms with Crippen LogP contribution in [0.2, 0.25) is 5.15 Å². The summed E-state index contributed by atoms with van der Waals surface area (Å²) >= 11 is 8.19. The van der Waals surface area contributed by atoms with Gasteiger partial charge in [0.15, 0.2) is 0 Å². The lowest BCUT2D eigenvalue weighted by atomic mass is 10.2. The Bertz CT molecular complexity index is 667. The van der Waals surface area contributed by atoms with Crippen molar-refractivity contribution in [2.75, 3.05) is 20.3 Å². The van der Waals surface area contributed by atoms with Crippen LogP contribution in [0.25, 0.3) is 11.0 Å². The summed E-state index contributed by atoms with van der Waals surface area (Å²) in [6.45, 7) is 1.31. The second-order valence-corrected chi connectivity index (χ2v) is 5.81. The second kappa shape index (κ2) is 4.92. The van der Waals surface area contributed by atoms with Crippen LogP contribution in [0, 0.1) is 3.57 Å². The molecule has 100 valence electrons. The average Bonchev–Trinajstić information content (AvgIpc) is 2.63. The minimum absolute atomic E-state index is 0.252. The maximum Gasteiger partial charge on any atom is 0.338 e. The molecule has 0 unspecified atom stereocenters. The predicted octanol–water partition coefficient (Wildman–Crippen LogP) is 2.65. The zero-order valence-corrected chi connectivity index (χ0v) is 12.9. The first kappa shape index (κ1) is 13.1. The molecule has 0 amide bonds. The highest BCUT2D eigenvalue weighted by atomic mass is 127. The van der Waals surface area contributed by atoms with Crippen molar-refractivity contribution >= 4 is 51.2 Å². The number of nitrogens with zero attached hydrogens (tertiary/aromatic N) is 2. The van der Waals surface area contributed by atoms with Gasteiger partial charge in [-0.05, 0) is 28.7 Å². The van der Waals surface area contributed by atoms with E-state index < -0.39 is 5.97 Å². The number of rotatable bonds is 2. The molecule has 0 aromatic carbocycles. The van der Waals surface area contributed by atoms with Crippen LogP contribution in [0.15, 0.2) is 12.3 Å². The summed E-state index contributed by atoms with van der Waals surface area (Å²) in [5.74, 6) is -0.408. The minimum atomic E-state index is -0.408. The minimum Gasteiger partial charge on any atom is -0.465 e. The number of carbonyl (C=O) groups excluding carboxylic acids is 1. The van der Waals surface area contributed by atoms with E-state index in [9.17, 15) is 4.79 Å². The first-order valence-electron chi connectivity index (χ1n) is 5.64. The lowest BCUT2D eigenvalue weighted by Crippen LogP contribution is -2.30. The van der Waals surface area contributed by atoms with Crippen molar-refractivity contribution in [1.29, 1.82) is 0 Å². The fraction of sp³-hybridized carbons (Fsp3) is 0.333. The highest BCUT2D eigenvalue weighted by Gasteiger charge is 2.26. The van der Waals surface area contributed by atoms with E-state index in [0.717, 1.165) is 8.96 Å². The van der Waals surface area contributed by atoms with Crippen LogP contribution < -0.4 is 0 Å². The van der Waals surface area contributed by atoms with Gasteiger partial charge in [-0.15, -0.1) is 0 Å². The van der Waals surface area contributed by atoms with Gasteiger partial charge in [-0.3, -0.25) is 0 Å². The van der Waals surface area contributed by atoms with Crippen LogP contribution in [-0.2, 0) is 9.47 Å². The first-order valence-corrected chi connectivity index (χ1v) is 7.10. The molecule has 3 heterocycles. The molecule has 0 N–H and O–H groups in total. The van der Waals surface area contributed by atoms with Crippen LogP contribution in [0.1, 0.15) is 16.4 Å². The number of esters is 1. The zero-order valence-electron chi connectivity index (χ0n) is 10.0. The Kier molecular flexibility index (Phi) is 3.40. The zero-order chi connectivity index (χ0) is 13.6. The van der Waals surface area contributed by atoms with Gasteiger partial charge in [0.1, 0.15) is 10.8 Å². The summed E-state index contributed by atoms with van der Waals surface area (Å²) in [5, 5.41) is 1.06. The molecular weight excluding hydrogens is 383 g/mol. The largest absolute Gasteiger partial charge is 0.465 e. The second-order valence-electron chi connectivity index (χ2n) is 4.26. The molecule has 0 spiro atoms. The number of halogens is 2. The number of carbonyl (C=O) groups is 1. The standard InChI is InChI=1S/C12H10ClIN2O3/c1-18-12(17)7-2-9(13)15-11-10(7)8(14)3-16(11)6-4-19-5-6/h2-3,6H,4-5H2,1H3. The van der Waals surface area contributed by atoms with Crippen molar-refractivity contribution in [3.8, 4) is 0 Å². The summed E-state index contributed by atoms with van der Waals surface area (Å²) in [6.07, 6.45) is 1.97. The van der Waals surface area contributed by atoms with Gasteiger partial charge in [0, 0.05) is 15.2 Å². The molecule has 7 heteroatoms. The molecule has 0 bridgehead atoms. The van der Waals surface area contributed by atoms with E-state index in [4.69, 9.17) is 21.1 Å². The highest BCUT2D eigenvalue weighted by molar-refractivity contribution is 14.1. The molecule has 0 aliphatic carbocycles. The van der Waals surface area contributed by atoms with Crippen molar-refractivity contribution in [3.05, 3.63) is 26.5 Å². The average molecular weight is 393 g/mol. The molecule has 3 rings (SSSR count). The van der Waals surface area contributed by atoms with E-state index in [1.165, 1.54) is 7.11 Å². The number of fused-ring (bicyclic) bond motifs is 1. The highest BCUT2D eigenvalue weighted by Crippen LogP contribution is 2.32. The number of ether oxygens (including phenoxy) is 2. The van der Waals surface area contributed by atoms with Gasteiger partial charge in [-0.1, -0.05) is 11.6 Å². The molecule has 19 heavy (non-hydrogen) atoms. The summed E-state index contributed by atoms with van der Waals surface area (Å²) in [4.78, 5) is 16.2. The Labute approximate surface area is 128 Å². The van der Waals surface area contributed by atoms with E-state index in [1.54, 1.807) is 6.07 Å². The summed E-state index contributed by atoms with van der Waals surface area (Å²) in [7, 11) is 1.35. The predicted molar refractivity (Wildman–Crippen MR) is 78.7 cm³/mol. The van der Waals surface area contributed by atoms with Gasteiger partial charge in [-0.25, -0.2) is 9.78 Å². The van der Waals surface area contributed by atoms with E-state index in [2.05, 4.69) is 27.6 Å². The van der Waals surface area contributed by atoms with Gasteiger partial charge < -0.3 is 14.0 Å². The molecule has 1 saturated heterocycles. The van der Waals surface area contributed by atoms with Crippen molar-refractivity contribution in [2.45, 2.75) is 6.04 Å². The van der Waals surface area contributed by atoms with Crippen LogP contribution in [-0.4, -0.2) is 35.8 Å². The number of hydrogen-bond donors (Lipinski definition) is 0. The van der Waals surface area contributed by atoms with Gasteiger partial charge >= 0.3 is 5.97 Å². The monoisotopic (exact) mass is 392 g/mol. The van der Waals surface area contributed by atoms with E-state index in [1.807, 2.05) is 10.8 Å². The smallest absolute Gasteiger partial charge is 0.338 e. The lowest BCUT2D eigenvalue weighted by Gasteiger charge is -2.27. The number of pyridine rings is 1. The van der Waals surface area contributed by atoms with Gasteiger partial charge in [0.2, 0.25) is 0 Å². The Morgan fingerprint density at radius 2 is 2.37 bits per heavy atom. The van der Waals surface area contributed by atoms with Crippen LogP contribution in [0.3, 0.4) is 0 Å². The number of hydrogen-bond acceptors (Lipinski definition) is 4. The van der Waals surface area contributed by atoms with E-state index >= 15 is 0 Å². The fourth-order valence-corrected chi connectivity index (χ4v) is 3.13. The van der Waals surface area contributed by atoms with Crippen molar-refractivity contribution < 1.29 is 14.3 Å². The van der Waals surface area contributed by atoms with Crippen LogP contribution in [0.4, 0.5) is 0 Å². The Morgan fingerprint density at radius 3 is 2.95 bits per heavy atom. The van der Waals surface area contributed by atoms with Gasteiger partial charge in [-0.2, -0.15) is 0 Å². The lowest BCUT2D eigenvalue weighted by molar-refractivity contribution is -0.0216. The maximum absolute atomic E-state index is 11.8. The van der Waals surface area contributed by atoms with Crippen LogP contribution in [0.5, 0.6) is 0 Å². The maximum atomic E-state index is 11.8. The normalized spacial score (nSPS) is 15.5. The Hall–Kier alpha value is -0.860. The van der Waals surface area contributed by atoms with Crippen molar-refractivity contribution in [2.24, 2.45) is 0 Å².